The molecular formula is C8H14O7. The van der Waals surface area contributed by atoms with Crippen LogP contribution in [0, 0.1) is 0 Å². The van der Waals surface area contributed by atoms with Crippen molar-refractivity contribution in [3.8, 4) is 0 Å². The maximum absolute atomic E-state index is 10.4. The highest BCUT2D eigenvalue weighted by molar-refractivity contribution is 5.65. The van der Waals surface area contributed by atoms with Crippen LogP contribution in [0.25, 0.3) is 0 Å². The summed E-state index contributed by atoms with van der Waals surface area (Å²) < 4.78 is 0. The van der Waals surface area contributed by atoms with E-state index in [1.807, 2.05) is 0 Å². The van der Waals surface area contributed by atoms with Gasteiger partial charge in [0.25, 0.3) is 0 Å². The predicted octanol–water partition coefficient (Wildman–Crippen LogP) is -1.85. The van der Waals surface area contributed by atoms with E-state index in [0.29, 0.717) is 0 Å². The van der Waals surface area contributed by atoms with Gasteiger partial charge in [0.1, 0.15) is 12.2 Å². The normalized spacial score (nSPS) is 18.7. The molecule has 15 heavy (non-hydrogen) atoms. The van der Waals surface area contributed by atoms with Crippen LogP contribution in [-0.2, 0) is 19.4 Å². The van der Waals surface area contributed by atoms with Crippen LogP contribution in [0.5, 0.6) is 0 Å². The summed E-state index contributed by atoms with van der Waals surface area (Å²) in [6.45, 7) is 2.26. The number of carbonyl (C=O) groups excluding carboxylic acids is 2. The Morgan fingerprint density at radius 2 is 1.80 bits per heavy atom. The molecule has 4 atom stereocenters. The van der Waals surface area contributed by atoms with Gasteiger partial charge < -0.3 is 20.1 Å². The third-order valence-corrected chi connectivity index (χ3v) is 1.59. The van der Waals surface area contributed by atoms with Gasteiger partial charge >= 0.3 is 5.97 Å². The average Bonchev–Trinajstić information content (AvgIpc) is 2.16. The van der Waals surface area contributed by atoms with Crippen molar-refractivity contribution in [1.82, 2.24) is 0 Å². The molecule has 3 N–H and O–H groups in total. The Hall–Kier alpha value is -1.02. The zero-order valence-corrected chi connectivity index (χ0v) is 8.36. The smallest absolute Gasteiger partial charge is 0.339 e. The summed E-state index contributed by atoms with van der Waals surface area (Å²) in [6, 6.07) is 0. The lowest BCUT2D eigenvalue weighted by Crippen LogP contribution is -2.45. The summed E-state index contributed by atoms with van der Waals surface area (Å²) in [6.07, 6.45) is -5.89. The van der Waals surface area contributed by atoms with Crippen molar-refractivity contribution in [2.75, 3.05) is 0 Å². The Labute approximate surface area is 86.2 Å². The lowest BCUT2D eigenvalue weighted by molar-refractivity contribution is -0.305. The molecule has 0 aliphatic carbocycles. The van der Waals surface area contributed by atoms with Crippen LogP contribution in [0.4, 0.5) is 0 Å². The first-order valence-corrected chi connectivity index (χ1v) is 4.23. The number of aliphatic hydroxyl groups excluding tert-OH is 3. The Morgan fingerprint density at radius 3 is 2.13 bits per heavy atom. The van der Waals surface area contributed by atoms with Gasteiger partial charge in [-0.25, -0.2) is 4.79 Å². The molecule has 0 radical (unpaired) electrons. The number of aldehydes is 1. The van der Waals surface area contributed by atoms with Crippen molar-refractivity contribution in [3.05, 3.63) is 0 Å². The van der Waals surface area contributed by atoms with Crippen LogP contribution in [0.3, 0.4) is 0 Å². The fraction of sp³-hybridized carbons (Fsp3) is 0.750. The maximum Gasteiger partial charge on any atom is 0.339 e. The zero-order chi connectivity index (χ0) is 12.0. The van der Waals surface area contributed by atoms with Gasteiger partial charge in [-0.15, -0.1) is 0 Å². The van der Waals surface area contributed by atoms with Crippen LogP contribution in [0.2, 0.25) is 0 Å². The molecule has 7 nitrogen and oxygen atoms in total. The van der Waals surface area contributed by atoms with Gasteiger partial charge in [-0.3, -0.25) is 4.89 Å². The Balaban J connectivity index is 4.26. The highest BCUT2D eigenvalue weighted by Crippen LogP contribution is 2.07. The lowest BCUT2D eigenvalue weighted by Gasteiger charge is -2.23. The van der Waals surface area contributed by atoms with Gasteiger partial charge in [-0.05, 0) is 6.92 Å². The van der Waals surface area contributed by atoms with Crippen molar-refractivity contribution in [3.63, 3.8) is 0 Å². The van der Waals surface area contributed by atoms with Crippen LogP contribution < -0.4 is 0 Å². The fourth-order valence-corrected chi connectivity index (χ4v) is 0.763. The van der Waals surface area contributed by atoms with E-state index < -0.39 is 30.4 Å². The number of carbonyl (C=O) groups is 2. The van der Waals surface area contributed by atoms with Gasteiger partial charge in [0, 0.05) is 6.92 Å². The van der Waals surface area contributed by atoms with E-state index in [1.165, 1.54) is 6.92 Å². The minimum absolute atomic E-state index is 0.152. The van der Waals surface area contributed by atoms with Gasteiger partial charge in [-0.1, -0.05) is 0 Å². The average molecular weight is 222 g/mol. The molecule has 0 aliphatic rings. The molecule has 0 saturated carbocycles. The standard InChI is InChI=1S/C8H14O7/c1-4(10)7(12)8(13)6(3-9)15-14-5(2)11/h3-4,6-8,10,12-13H,1-2H3/t4-,6+,7+,8-/m1/s1. The summed E-state index contributed by atoms with van der Waals surface area (Å²) in [5.41, 5.74) is 0. The Morgan fingerprint density at radius 1 is 1.27 bits per heavy atom. The van der Waals surface area contributed by atoms with E-state index in [-0.39, 0.29) is 6.29 Å². The second-order valence-corrected chi connectivity index (χ2v) is 2.99. The molecule has 0 saturated heterocycles. The highest BCUT2D eigenvalue weighted by atomic mass is 17.2. The minimum atomic E-state index is -1.68. The fourth-order valence-electron chi connectivity index (χ4n) is 0.763. The monoisotopic (exact) mass is 222 g/mol. The molecule has 0 bridgehead atoms. The SMILES string of the molecule is CC(=O)OO[C@@H](C=O)[C@@H](O)[C@@H](O)[C@@H](C)O. The molecule has 0 aromatic heterocycles. The van der Waals surface area contributed by atoms with E-state index in [2.05, 4.69) is 9.78 Å². The molecule has 88 valence electrons. The molecule has 0 fully saturated rings. The first kappa shape index (κ1) is 14.0. The third kappa shape index (κ3) is 4.84. The topological polar surface area (TPSA) is 113 Å². The number of hydrogen-bond donors (Lipinski definition) is 3. The molecule has 0 aromatic rings. The third-order valence-electron chi connectivity index (χ3n) is 1.59. The molecule has 0 heterocycles. The minimum Gasteiger partial charge on any atom is -0.391 e. The van der Waals surface area contributed by atoms with Crippen molar-refractivity contribution in [2.45, 2.75) is 38.3 Å². The van der Waals surface area contributed by atoms with Crippen molar-refractivity contribution in [2.24, 2.45) is 0 Å². The molecule has 0 unspecified atom stereocenters. The largest absolute Gasteiger partial charge is 0.391 e. The first-order valence-electron chi connectivity index (χ1n) is 4.23. The second-order valence-electron chi connectivity index (χ2n) is 2.99. The molecule has 0 rings (SSSR count). The van der Waals surface area contributed by atoms with Crippen LogP contribution in [0.1, 0.15) is 13.8 Å². The van der Waals surface area contributed by atoms with Crippen LogP contribution >= 0.6 is 0 Å². The summed E-state index contributed by atoms with van der Waals surface area (Å²) in [5, 5.41) is 27.4. The zero-order valence-electron chi connectivity index (χ0n) is 8.36. The summed E-state index contributed by atoms with van der Waals surface area (Å²) >= 11 is 0. The van der Waals surface area contributed by atoms with Crippen LogP contribution in [-0.4, -0.2) is 52.0 Å². The lowest BCUT2D eigenvalue weighted by atomic mass is 10.1. The Bertz CT molecular complexity index is 215. The van der Waals surface area contributed by atoms with Gasteiger partial charge in [0.15, 0.2) is 12.4 Å². The number of rotatable bonds is 6. The van der Waals surface area contributed by atoms with E-state index >= 15 is 0 Å². The van der Waals surface area contributed by atoms with Gasteiger partial charge in [0.05, 0.1) is 6.10 Å². The second kappa shape index (κ2) is 6.46. The van der Waals surface area contributed by atoms with Crippen LogP contribution in [0.15, 0.2) is 0 Å². The van der Waals surface area contributed by atoms with Gasteiger partial charge in [0.2, 0.25) is 0 Å². The number of aliphatic hydroxyl groups is 3. The predicted molar refractivity (Wildman–Crippen MR) is 46.4 cm³/mol. The quantitative estimate of drug-likeness (QED) is 0.274. The summed E-state index contributed by atoms with van der Waals surface area (Å²) in [4.78, 5) is 29.0. The summed E-state index contributed by atoms with van der Waals surface area (Å²) in [5.74, 6) is -0.805. The Kier molecular flexibility index (Phi) is 6.02. The van der Waals surface area contributed by atoms with Crippen molar-refractivity contribution < 1.29 is 34.7 Å². The molecule has 0 aromatic carbocycles. The number of hydrogen-bond acceptors (Lipinski definition) is 7. The molecule has 7 heteroatoms. The van der Waals surface area contributed by atoms with Crippen molar-refractivity contribution in [1.29, 1.82) is 0 Å². The van der Waals surface area contributed by atoms with E-state index in [0.717, 1.165) is 6.92 Å². The molecule has 0 aliphatic heterocycles. The molecule has 0 amide bonds. The molecular weight excluding hydrogens is 208 g/mol. The maximum atomic E-state index is 10.4. The van der Waals surface area contributed by atoms with E-state index in [9.17, 15) is 19.8 Å². The first-order chi connectivity index (χ1) is 6.90. The summed E-state index contributed by atoms with van der Waals surface area (Å²) in [7, 11) is 0. The molecule has 0 spiro atoms. The van der Waals surface area contributed by atoms with E-state index in [1.54, 1.807) is 0 Å². The van der Waals surface area contributed by atoms with Gasteiger partial charge in [-0.2, -0.15) is 4.89 Å². The van der Waals surface area contributed by atoms with E-state index in [4.69, 9.17) is 5.11 Å². The van der Waals surface area contributed by atoms with Crippen molar-refractivity contribution >= 4 is 12.3 Å². The highest BCUT2D eigenvalue weighted by Gasteiger charge is 2.31.